The second-order valence-electron chi connectivity index (χ2n) is 6.62. The molecule has 2 aromatic rings. The Morgan fingerprint density at radius 3 is 2.92 bits per heavy atom. The summed E-state index contributed by atoms with van der Waals surface area (Å²) in [6.07, 6.45) is 2.37. The third-order valence-corrected chi connectivity index (χ3v) is 5.04. The number of amides is 1. The van der Waals surface area contributed by atoms with E-state index in [1.165, 1.54) is 11.1 Å². The Balaban J connectivity index is 1.42. The quantitative estimate of drug-likeness (QED) is 0.836. The van der Waals surface area contributed by atoms with Crippen LogP contribution in [-0.4, -0.2) is 26.8 Å². The van der Waals surface area contributed by atoms with E-state index in [1.807, 2.05) is 17.6 Å². The molecule has 1 aromatic heterocycles. The Labute approximate surface area is 145 Å². The smallest absolute Gasteiger partial charge is 0.261 e. The molecular formula is C17H20N4O2S. The van der Waals surface area contributed by atoms with Gasteiger partial charge in [0, 0.05) is 12.5 Å². The number of hydrogen-bond acceptors (Lipinski definition) is 4. The summed E-state index contributed by atoms with van der Waals surface area (Å²) in [4.78, 5) is 12.5. The fourth-order valence-corrected chi connectivity index (χ4v) is 3.41. The van der Waals surface area contributed by atoms with Crippen molar-refractivity contribution in [2.24, 2.45) is 0 Å². The first-order valence-electron chi connectivity index (χ1n) is 8.23. The number of hydrogen-bond donors (Lipinski definition) is 2. The first-order chi connectivity index (χ1) is 11.5. The Hall–Kier alpha value is -2.15. The number of carbonyl (C=O) groups excluding carboxylic acids is 1. The molecule has 1 aliphatic carbocycles. The van der Waals surface area contributed by atoms with Gasteiger partial charge in [-0.05, 0) is 61.7 Å². The summed E-state index contributed by atoms with van der Waals surface area (Å²) in [6, 6.07) is 4.55. The molecule has 1 saturated carbocycles. The van der Waals surface area contributed by atoms with Crippen LogP contribution in [0.5, 0.6) is 5.75 Å². The molecule has 1 fully saturated rings. The summed E-state index contributed by atoms with van der Waals surface area (Å²) >= 11 is 5.26. The van der Waals surface area contributed by atoms with E-state index in [-0.39, 0.29) is 5.91 Å². The molecular weight excluding hydrogens is 324 g/mol. The second kappa shape index (κ2) is 5.73. The Bertz CT molecular complexity index is 835. The number of ether oxygens (including phenoxy) is 1. The van der Waals surface area contributed by atoms with Crippen molar-refractivity contribution in [3.8, 4) is 5.75 Å². The monoisotopic (exact) mass is 344 g/mol. The van der Waals surface area contributed by atoms with Crippen molar-refractivity contribution in [2.45, 2.75) is 51.8 Å². The number of aromatic amines is 1. The summed E-state index contributed by atoms with van der Waals surface area (Å²) in [5.74, 6) is 1.48. The van der Waals surface area contributed by atoms with E-state index in [0.717, 1.165) is 30.0 Å². The molecule has 126 valence electrons. The van der Waals surface area contributed by atoms with Crippen LogP contribution < -0.4 is 10.1 Å². The molecule has 1 atom stereocenters. The average molecular weight is 344 g/mol. The highest BCUT2D eigenvalue weighted by Crippen LogP contribution is 2.35. The third-order valence-electron chi connectivity index (χ3n) is 4.75. The minimum absolute atomic E-state index is 0.113. The van der Waals surface area contributed by atoms with Crippen molar-refractivity contribution < 1.29 is 9.53 Å². The van der Waals surface area contributed by atoms with Gasteiger partial charge in [-0.25, -0.2) is 0 Å². The summed E-state index contributed by atoms with van der Waals surface area (Å²) < 4.78 is 8.45. The molecule has 1 aliphatic heterocycles. The molecule has 1 unspecified atom stereocenters. The van der Waals surface area contributed by atoms with Crippen molar-refractivity contribution in [1.29, 1.82) is 0 Å². The van der Waals surface area contributed by atoms with Gasteiger partial charge in [0.2, 0.25) is 0 Å². The normalized spacial score (nSPS) is 19.0. The molecule has 1 aromatic carbocycles. The maximum atomic E-state index is 12.5. The lowest BCUT2D eigenvalue weighted by atomic mass is 10.0. The predicted molar refractivity (Wildman–Crippen MR) is 91.6 cm³/mol. The van der Waals surface area contributed by atoms with Crippen LogP contribution in [0.15, 0.2) is 12.1 Å². The second-order valence-corrected chi connectivity index (χ2v) is 7.01. The summed E-state index contributed by atoms with van der Waals surface area (Å²) in [7, 11) is 0. The number of benzene rings is 1. The molecule has 1 amide bonds. The van der Waals surface area contributed by atoms with E-state index in [2.05, 4.69) is 28.5 Å². The van der Waals surface area contributed by atoms with Gasteiger partial charge >= 0.3 is 0 Å². The highest BCUT2D eigenvalue weighted by Gasteiger charge is 2.31. The molecule has 24 heavy (non-hydrogen) atoms. The van der Waals surface area contributed by atoms with Gasteiger partial charge in [-0.15, -0.1) is 0 Å². The molecule has 4 rings (SSSR count). The molecule has 0 saturated heterocycles. The number of carbonyl (C=O) groups is 1. The number of nitrogens with one attached hydrogen (secondary N) is 2. The topological polar surface area (TPSA) is 71.9 Å². The number of rotatable bonds is 4. The van der Waals surface area contributed by atoms with Crippen LogP contribution >= 0.6 is 12.2 Å². The largest absolute Gasteiger partial charge is 0.480 e. The zero-order chi connectivity index (χ0) is 16.8. The highest BCUT2D eigenvalue weighted by molar-refractivity contribution is 7.71. The molecule has 7 heteroatoms. The number of aromatic nitrogens is 3. The Kier molecular flexibility index (Phi) is 3.68. The maximum absolute atomic E-state index is 12.5. The third kappa shape index (κ3) is 2.73. The van der Waals surface area contributed by atoms with Gasteiger partial charge in [0.25, 0.3) is 5.91 Å². The van der Waals surface area contributed by atoms with E-state index >= 15 is 0 Å². The lowest BCUT2D eigenvalue weighted by Gasteiger charge is -2.12. The van der Waals surface area contributed by atoms with Crippen LogP contribution in [0, 0.1) is 18.6 Å². The van der Waals surface area contributed by atoms with Crippen molar-refractivity contribution >= 4 is 18.1 Å². The van der Waals surface area contributed by atoms with Crippen LogP contribution in [0.25, 0.3) is 0 Å². The van der Waals surface area contributed by atoms with E-state index in [1.54, 1.807) is 0 Å². The minimum atomic E-state index is -0.475. The van der Waals surface area contributed by atoms with Crippen LogP contribution in [-0.2, 0) is 17.8 Å². The van der Waals surface area contributed by atoms with Gasteiger partial charge in [-0.2, -0.15) is 5.10 Å². The molecule has 0 spiro atoms. The van der Waals surface area contributed by atoms with Gasteiger partial charge in [0.15, 0.2) is 16.7 Å². The lowest BCUT2D eigenvalue weighted by Crippen LogP contribution is -2.37. The highest BCUT2D eigenvalue weighted by atomic mass is 32.1. The fourth-order valence-electron chi connectivity index (χ4n) is 3.11. The fraction of sp³-hybridized carbons (Fsp3) is 0.471. The number of H-pyrrole nitrogens is 1. The molecule has 2 aliphatic rings. The summed E-state index contributed by atoms with van der Waals surface area (Å²) in [5.41, 5.74) is 3.49. The van der Waals surface area contributed by atoms with Crippen molar-refractivity contribution in [2.75, 3.05) is 0 Å². The van der Waals surface area contributed by atoms with Crippen molar-refractivity contribution in [3.63, 3.8) is 0 Å². The van der Waals surface area contributed by atoms with E-state index in [0.29, 0.717) is 23.8 Å². The van der Waals surface area contributed by atoms with Crippen molar-refractivity contribution in [3.05, 3.63) is 39.4 Å². The zero-order valence-electron chi connectivity index (χ0n) is 13.8. The zero-order valence-corrected chi connectivity index (χ0v) is 14.6. The molecule has 0 bridgehead atoms. The molecule has 2 heterocycles. The van der Waals surface area contributed by atoms with Crippen LogP contribution in [0.4, 0.5) is 0 Å². The first-order valence-corrected chi connectivity index (χ1v) is 8.64. The van der Waals surface area contributed by atoms with Crippen LogP contribution in [0.3, 0.4) is 0 Å². The van der Waals surface area contributed by atoms with E-state index < -0.39 is 6.10 Å². The van der Waals surface area contributed by atoms with Crippen molar-refractivity contribution in [1.82, 2.24) is 20.1 Å². The number of nitrogens with zero attached hydrogens (tertiary/aromatic N) is 2. The molecule has 2 N–H and O–H groups in total. The summed E-state index contributed by atoms with van der Waals surface area (Å²) in [5, 5.41) is 9.97. The van der Waals surface area contributed by atoms with Gasteiger partial charge < -0.3 is 10.1 Å². The minimum Gasteiger partial charge on any atom is -0.480 e. The lowest BCUT2D eigenvalue weighted by molar-refractivity contribution is -0.127. The summed E-state index contributed by atoms with van der Waals surface area (Å²) in [6.45, 7) is 4.48. The van der Waals surface area contributed by atoms with Crippen LogP contribution in [0.2, 0.25) is 0 Å². The van der Waals surface area contributed by atoms with Gasteiger partial charge in [0.1, 0.15) is 5.75 Å². The Morgan fingerprint density at radius 1 is 1.42 bits per heavy atom. The number of aryl methyl sites for hydroxylation is 2. The van der Waals surface area contributed by atoms with Gasteiger partial charge in [0.05, 0.1) is 6.54 Å². The van der Waals surface area contributed by atoms with E-state index in [9.17, 15) is 4.79 Å². The van der Waals surface area contributed by atoms with E-state index in [4.69, 9.17) is 17.0 Å². The molecule has 6 nitrogen and oxygen atoms in total. The Morgan fingerprint density at radius 2 is 2.17 bits per heavy atom. The average Bonchev–Trinajstić information content (AvgIpc) is 3.20. The van der Waals surface area contributed by atoms with Crippen LogP contribution in [0.1, 0.15) is 41.4 Å². The predicted octanol–water partition coefficient (Wildman–Crippen LogP) is 2.51. The maximum Gasteiger partial charge on any atom is 0.261 e. The SMILES string of the molecule is Cc1cc2c(cc1C)OC(C(=O)NCc1n[nH]c(=S)n1C1CC1)C2. The first kappa shape index (κ1) is 15.4. The standard InChI is InChI=1S/C17H20N4O2S/c1-9-5-11-7-14(23-13(11)6-10(9)2)16(22)18-8-15-19-20-17(24)21(15)12-3-4-12/h5-6,12,14H,3-4,7-8H2,1-2H3,(H,18,22)(H,20,24). The number of fused-ring (bicyclic) bond motifs is 1. The van der Waals surface area contributed by atoms with Gasteiger partial charge in [-0.1, -0.05) is 6.07 Å². The molecule has 0 radical (unpaired) electrons. The van der Waals surface area contributed by atoms with Gasteiger partial charge in [-0.3, -0.25) is 14.5 Å².